The highest BCUT2D eigenvalue weighted by atomic mass is 79.9. The van der Waals surface area contributed by atoms with Gasteiger partial charge in [-0.15, -0.1) is 0 Å². The molecule has 234 valence electrons. The summed E-state index contributed by atoms with van der Waals surface area (Å²) in [4.78, 5) is 31.9. The van der Waals surface area contributed by atoms with E-state index < -0.39 is 12.0 Å². The van der Waals surface area contributed by atoms with Crippen LogP contribution in [0.2, 0.25) is 0 Å². The zero-order valence-corrected chi connectivity index (χ0v) is 27.4. The minimum absolute atomic E-state index is 0.142. The maximum Gasteiger partial charge on any atom is 0.337 e. The second-order valence-corrected chi connectivity index (χ2v) is 11.6. The van der Waals surface area contributed by atoms with E-state index in [0.717, 1.165) is 5.56 Å². The fourth-order valence-corrected chi connectivity index (χ4v) is 6.28. The maximum absolute atomic E-state index is 14.1. The van der Waals surface area contributed by atoms with Crippen LogP contribution in [0.5, 0.6) is 23.0 Å². The first-order valence-corrected chi connectivity index (χ1v) is 15.6. The summed E-state index contributed by atoms with van der Waals surface area (Å²) in [6, 6.07) is 14.0. The van der Waals surface area contributed by atoms with Crippen molar-refractivity contribution in [2.24, 2.45) is 4.99 Å². The minimum atomic E-state index is -0.836. The molecule has 0 aliphatic carbocycles. The molecule has 0 N–H and O–H groups in total. The third-order valence-corrected chi connectivity index (χ3v) is 8.31. The lowest BCUT2D eigenvalue weighted by molar-refractivity contribution is -0.136. The molecular weight excluding hydrogens is 667 g/mol. The summed E-state index contributed by atoms with van der Waals surface area (Å²) in [7, 11) is 2.80. The van der Waals surface area contributed by atoms with E-state index in [4.69, 9.17) is 23.7 Å². The minimum Gasteiger partial charge on any atom is -0.493 e. The van der Waals surface area contributed by atoms with Crippen LogP contribution in [-0.2, 0) is 16.1 Å². The van der Waals surface area contributed by atoms with Crippen LogP contribution in [0.15, 0.2) is 80.6 Å². The number of thiazole rings is 1. The molecule has 1 aromatic heterocycles. The van der Waals surface area contributed by atoms with Crippen LogP contribution >= 0.6 is 27.3 Å². The number of methoxy groups -OCH3 is 2. The fraction of sp³-hybridized carbons (Fsp3) is 0.242. The summed E-state index contributed by atoms with van der Waals surface area (Å²) in [5.74, 6) is 0.923. The number of nitrogens with zero attached hydrogens (tertiary/aromatic N) is 2. The molecule has 0 fully saturated rings. The molecule has 5 rings (SSSR count). The summed E-state index contributed by atoms with van der Waals surface area (Å²) in [5.41, 5.74) is 1.76. The van der Waals surface area contributed by atoms with E-state index in [1.165, 1.54) is 48.5 Å². The number of rotatable bonds is 11. The Morgan fingerprint density at radius 3 is 2.42 bits per heavy atom. The number of hydrogen-bond donors (Lipinski definition) is 0. The maximum atomic E-state index is 14.1. The Hall–Kier alpha value is -4.42. The van der Waals surface area contributed by atoms with E-state index in [-0.39, 0.29) is 23.6 Å². The zero-order valence-electron chi connectivity index (χ0n) is 25.0. The van der Waals surface area contributed by atoms with Crippen LogP contribution in [0, 0.1) is 5.82 Å². The Bertz CT molecular complexity index is 1940. The molecule has 45 heavy (non-hydrogen) atoms. The van der Waals surface area contributed by atoms with Gasteiger partial charge < -0.3 is 23.7 Å². The van der Waals surface area contributed by atoms with Gasteiger partial charge in [0.1, 0.15) is 12.4 Å². The van der Waals surface area contributed by atoms with Crippen LogP contribution in [0.4, 0.5) is 4.39 Å². The monoisotopic (exact) mass is 696 g/mol. The van der Waals surface area contributed by atoms with Gasteiger partial charge in [0.2, 0.25) is 0 Å². The SMILES string of the molecule is CCOc1ccc([C@@H]2C(C(=O)OC)=CN=c3s/c(=C/c4cc(Br)cc(OC)c4OCc4ccc(F)cc4)c(=O)n32)cc1OCC. The molecule has 0 radical (unpaired) electrons. The quantitative estimate of drug-likeness (QED) is 0.196. The van der Waals surface area contributed by atoms with Crippen molar-refractivity contribution in [3.05, 3.63) is 113 Å². The second kappa shape index (κ2) is 14.1. The van der Waals surface area contributed by atoms with Crippen molar-refractivity contribution in [3.8, 4) is 23.0 Å². The van der Waals surface area contributed by atoms with E-state index in [0.29, 0.717) is 61.1 Å². The number of aromatic nitrogens is 1. The van der Waals surface area contributed by atoms with Gasteiger partial charge >= 0.3 is 5.97 Å². The molecule has 12 heteroatoms. The number of fused-ring (bicyclic) bond motifs is 1. The third-order valence-electron chi connectivity index (χ3n) is 6.86. The molecule has 1 aliphatic heterocycles. The van der Waals surface area contributed by atoms with Crippen molar-refractivity contribution in [3.63, 3.8) is 0 Å². The molecule has 0 saturated carbocycles. The van der Waals surface area contributed by atoms with Crippen molar-refractivity contribution in [1.29, 1.82) is 0 Å². The van der Waals surface area contributed by atoms with Gasteiger partial charge in [-0.05, 0) is 67.4 Å². The van der Waals surface area contributed by atoms with Gasteiger partial charge in [0.05, 0.1) is 43.6 Å². The average Bonchev–Trinajstić information content (AvgIpc) is 3.35. The van der Waals surface area contributed by atoms with Gasteiger partial charge in [-0.1, -0.05) is 45.5 Å². The van der Waals surface area contributed by atoms with Crippen LogP contribution < -0.4 is 33.8 Å². The molecule has 0 spiro atoms. The first-order chi connectivity index (χ1) is 21.8. The Kier molecular flexibility index (Phi) is 10.0. The molecule has 4 aromatic rings. The van der Waals surface area contributed by atoms with Gasteiger partial charge in [0, 0.05) is 16.2 Å². The van der Waals surface area contributed by atoms with Crippen molar-refractivity contribution in [1.82, 2.24) is 4.57 Å². The predicted octanol–water partition coefficient (Wildman–Crippen LogP) is 5.30. The van der Waals surface area contributed by atoms with Crippen molar-refractivity contribution >= 4 is 39.3 Å². The molecule has 0 unspecified atom stereocenters. The largest absolute Gasteiger partial charge is 0.493 e. The first-order valence-electron chi connectivity index (χ1n) is 14.0. The topological polar surface area (TPSA) is 97.6 Å². The van der Waals surface area contributed by atoms with Gasteiger partial charge in [0.15, 0.2) is 27.8 Å². The third kappa shape index (κ3) is 6.81. The standard InChI is InChI=1S/C33H30BrFN2O7S/c1-5-42-25-12-9-20(14-26(25)43-6-2)29-24(32(39)41-4)17-36-33-37(29)31(38)28(45-33)15-21-13-22(34)16-27(40-3)30(21)44-18-19-7-10-23(35)11-8-19/h7-17,29H,5-6,18H2,1-4H3/b28-15+/t29-/m1/s1. The molecule has 0 saturated heterocycles. The molecule has 3 aromatic carbocycles. The molecule has 0 amide bonds. The van der Waals surface area contributed by atoms with E-state index in [2.05, 4.69) is 20.9 Å². The molecular formula is C33H30BrFN2O7S. The van der Waals surface area contributed by atoms with Crippen LogP contribution in [-0.4, -0.2) is 38.0 Å². The van der Waals surface area contributed by atoms with E-state index in [9.17, 15) is 14.0 Å². The lowest BCUT2D eigenvalue weighted by Gasteiger charge is -2.23. The zero-order chi connectivity index (χ0) is 32.1. The molecule has 2 heterocycles. The Labute approximate surface area is 270 Å². The number of hydrogen-bond acceptors (Lipinski definition) is 9. The van der Waals surface area contributed by atoms with Crippen LogP contribution in [0.1, 0.15) is 36.6 Å². The average molecular weight is 698 g/mol. The Morgan fingerprint density at radius 2 is 1.73 bits per heavy atom. The summed E-state index contributed by atoms with van der Waals surface area (Å²) in [6.45, 7) is 4.72. The number of carbonyl (C=O) groups excluding carboxylic acids is 1. The highest BCUT2D eigenvalue weighted by molar-refractivity contribution is 9.10. The molecule has 9 nitrogen and oxygen atoms in total. The Morgan fingerprint density at radius 1 is 1.00 bits per heavy atom. The lowest BCUT2D eigenvalue weighted by atomic mass is 9.97. The van der Waals surface area contributed by atoms with E-state index in [1.807, 2.05) is 13.8 Å². The highest BCUT2D eigenvalue weighted by Crippen LogP contribution is 2.37. The highest BCUT2D eigenvalue weighted by Gasteiger charge is 2.31. The van der Waals surface area contributed by atoms with E-state index >= 15 is 0 Å². The number of esters is 1. The normalized spacial score (nSPS) is 14.2. The molecule has 1 aliphatic rings. The number of halogens is 2. The summed E-state index contributed by atoms with van der Waals surface area (Å²) < 4.78 is 44.3. The number of benzene rings is 3. The molecule has 1 atom stereocenters. The smallest absolute Gasteiger partial charge is 0.337 e. The van der Waals surface area contributed by atoms with Crippen LogP contribution in [0.25, 0.3) is 6.08 Å². The predicted molar refractivity (Wildman–Crippen MR) is 171 cm³/mol. The first kappa shape index (κ1) is 32.0. The van der Waals surface area contributed by atoms with Crippen LogP contribution in [0.3, 0.4) is 0 Å². The summed E-state index contributed by atoms with van der Waals surface area (Å²) in [6.07, 6.45) is 3.13. The second-order valence-electron chi connectivity index (χ2n) is 9.69. The fourth-order valence-electron chi connectivity index (χ4n) is 4.87. The van der Waals surface area contributed by atoms with Gasteiger partial charge in [-0.2, -0.15) is 0 Å². The Balaban J connectivity index is 1.64. The van der Waals surface area contributed by atoms with Gasteiger partial charge in [0.25, 0.3) is 5.56 Å². The van der Waals surface area contributed by atoms with Crippen molar-refractivity contribution < 1.29 is 32.9 Å². The summed E-state index contributed by atoms with van der Waals surface area (Å²) >= 11 is 4.68. The van der Waals surface area contributed by atoms with E-state index in [1.54, 1.807) is 48.5 Å². The molecule has 0 bridgehead atoms. The summed E-state index contributed by atoms with van der Waals surface area (Å²) in [5, 5.41) is 0. The van der Waals surface area contributed by atoms with Crippen molar-refractivity contribution in [2.45, 2.75) is 26.5 Å². The number of ether oxygens (including phenoxy) is 5. The number of carbonyl (C=O) groups is 1. The van der Waals surface area contributed by atoms with Gasteiger partial charge in [-0.3, -0.25) is 9.36 Å². The van der Waals surface area contributed by atoms with Crippen molar-refractivity contribution in [2.75, 3.05) is 27.4 Å². The lowest BCUT2D eigenvalue weighted by Crippen LogP contribution is -2.39. The van der Waals surface area contributed by atoms with Gasteiger partial charge in [-0.25, -0.2) is 14.2 Å².